The topological polar surface area (TPSA) is 53.4 Å². The van der Waals surface area contributed by atoms with Crippen LogP contribution in [-0.2, 0) is 13.2 Å². The molecule has 5 nitrogen and oxygen atoms in total. The number of benzene rings is 1. The molecule has 0 N–H and O–H groups in total. The van der Waals surface area contributed by atoms with Crippen molar-refractivity contribution >= 4 is 6.29 Å². The molecule has 1 aromatic carbocycles. The zero-order chi connectivity index (χ0) is 14.4. The molecule has 0 spiro atoms. The van der Waals surface area contributed by atoms with Crippen molar-refractivity contribution in [1.29, 1.82) is 0 Å². The van der Waals surface area contributed by atoms with Crippen molar-refractivity contribution in [1.82, 2.24) is 9.55 Å². The van der Waals surface area contributed by atoms with E-state index in [-0.39, 0.29) is 0 Å². The van der Waals surface area contributed by atoms with E-state index >= 15 is 0 Å². The summed E-state index contributed by atoms with van der Waals surface area (Å²) in [5, 5.41) is 0. The Morgan fingerprint density at radius 1 is 1.35 bits per heavy atom. The van der Waals surface area contributed by atoms with Crippen molar-refractivity contribution < 1.29 is 14.3 Å². The van der Waals surface area contributed by atoms with Crippen LogP contribution in [0.15, 0.2) is 30.7 Å². The molecule has 0 amide bonds. The number of aromatic nitrogens is 2. The SMILES string of the molecule is CCCn1cncc1COc1cc(C=O)ccc1OC. The molecule has 0 aliphatic carbocycles. The Hall–Kier alpha value is -2.30. The van der Waals surface area contributed by atoms with Crippen LogP contribution in [0, 0.1) is 0 Å². The molecular formula is C15H18N2O3. The van der Waals surface area contributed by atoms with Gasteiger partial charge in [-0.3, -0.25) is 4.79 Å². The van der Waals surface area contributed by atoms with Crippen LogP contribution in [0.3, 0.4) is 0 Å². The summed E-state index contributed by atoms with van der Waals surface area (Å²) in [6.45, 7) is 3.41. The van der Waals surface area contributed by atoms with E-state index in [0.29, 0.717) is 23.7 Å². The molecule has 106 valence electrons. The molecule has 0 unspecified atom stereocenters. The van der Waals surface area contributed by atoms with E-state index in [1.54, 1.807) is 37.8 Å². The average Bonchev–Trinajstić information content (AvgIpc) is 2.92. The molecule has 0 aliphatic rings. The second-order valence-electron chi connectivity index (χ2n) is 4.40. The van der Waals surface area contributed by atoms with E-state index in [4.69, 9.17) is 9.47 Å². The third-order valence-corrected chi connectivity index (χ3v) is 2.96. The maximum Gasteiger partial charge on any atom is 0.162 e. The van der Waals surface area contributed by atoms with Crippen LogP contribution in [-0.4, -0.2) is 22.9 Å². The predicted octanol–water partition coefficient (Wildman–Crippen LogP) is 2.69. The van der Waals surface area contributed by atoms with Gasteiger partial charge in [-0.05, 0) is 24.6 Å². The minimum absolute atomic E-state index is 0.388. The van der Waals surface area contributed by atoms with Gasteiger partial charge in [0.2, 0.25) is 0 Å². The van der Waals surface area contributed by atoms with Crippen molar-refractivity contribution in [2.45, 2.75) is 26.5 Å². The van der Waals surface area contributed by atoms with Gasteiger partial charge < -0.3 is 14.0 Å². The Bertz CT molecular complexity index is 578. The predicted molar refractivity (Wildman–Crippen MR) is 75.2 cm³/mol. The van der Waals surface area contributed by atoms with Gasteiger partial charge in [0.15, 0.2) is 11.5 Å². The Balaban J connectivity index is 2.13. The van der Waals surface area contributed by atoms with Gasteiger partial charge in [0.25, 0.3) is 0 Å². The lowest BCUT2D eigenvalue weighted by molar-refractivity contribution is 0.112. The highest BCUT2D eigenvalue weighted by Gasteiger charge is 2.08. The van der Waals surface area contributed by atoms with Crippen LogP contribution < -0.4 is 9.47 Å². The average molecular weight is 274 g/mol. The van der Waals surface area contributed by atoms with E-state index in [0.717, 1.165) is 24.9 Å². The first kappa shape index (κ1) is 14.1. The summed E-state index contributed by atoms with van der Waals surface area (Å²) in [5.74, 6) is 1.17. The summed E-state index contributed by atoms with van der Waals surface area (Å²) in [6.07, 6.45) is 5.40. The number of hydrogen-bond donors (Lipinski definition) is 0. The fraction of sp³-hybridized carbons (Fsp3) is 0.333. The molecule has 0 bridgehead atoms. The quantitative estimate of drug-likeness (QED) is 0.728. The van der Waals surface area contributed by atoms with E-state index in [2.05, 4.69) is 16.5 Å². The summed E-state index contributed by atoms with van der Waals surface area (Å²) in [6, 6.07) is 5.09. The lowest BCUT2D eigenvalue weighted by Crippen LogP contribution is -2.05. The zero-order valence-electron chi connectivity index (χ0n) is 11.7. The number of rotatable bonds is 7. The Kier molecular flexibility index (Phi) is 4.76. The second-order valence-corrected chi connectivity index (χ2v) is 4.40. The van der Waals surface area contributed by atoms with Crippen LogP contribution in [0.2, 0.25) is 0 Å². The Morgan fingerprint density at radius 2 is 2.20 bits per heavy atom. The maximum absolute atomic E-state index is 10.8. The summed E-state index contributed by atoms with van der Waals surface area (Å²) in [5.41, 5.74) is 1.55. The summed E-state index contributed by atoms with van der Waals surface area (Å²) < 4.78 is 13.0. The van der Waals surface area contributed by atoms with Gasteiger partial charge in [0, 0.05) is 12.1 Å². The number of carbonyl (C=O) groups is 1. The maximum atomic E-state index is 10.8. The number of hydrogen-bond acceptors (Lipinski definition) is 4. The molecule has 0 aliphatic heterocycles. The van der Waals surface area contributed by atoms with E-state index in [1.165, 1.54) is 0 Å². The van der Waals surface area contributed by atoms with Gasteiger partial charge >= 0.3 is 0 Å². The van der Waals surface area contributed by atoms with Crippen LogP contribution in [0.1, 0.15) is 29.4 Å². The van der Waals surface area contributed by atoms with Gasteiger partial charge in [0.1, 0.15) is 12.9 Å². The normalized spacial score (nSPS) is 10.3. The van der Waals surface area contributed by atoms with Gasteiger partial charge in [-0.25, -0.2) is 4.98 Å². The minimum Gasteiger partial charge on any atom is -0.493 e. The van der Waals surface area contributed by atoms with Gasteiger partial charge in [-0.1, -0.05) is 6.92 Å². The standard InChI is InChI=1S/C15H18N2O3/c1-3-6-17-11-16-8-13(17)10-20-15-7-12(9-18)4-5-14(15)19-2/h4-5,7-9,11H,3,6,10H2,1-2H3. The van der Waals surface area contributed by atoms with Crippen molar-refractivity contribution in [2.24, 2.45) is 0 Å². The molecule has 0 saturated heterocycles. The van der Waals surface area contributed by atoms with Crippen LogP contribution in [0.5, 0.6) is 11.5 Å². The Morgan fingerprint density at radius 3 is 2.90 bits per heavy atom. The first-order valence-corrected chi connectivity index (χ1v) is 6.53. The molecule has 0 fully saturated rings. The molecule has 20 heavy (non-hydrogen) atoms. The fourth-order valence-electron chi connectivity index (χ4n) is 1.94. The highest BCUT2D eigenvalue weighted by molar-refractivity contribution is 5.76. The molecular weight excluding hydrogens is 256 g/mol. The second kappa shape index (κ2) is 6.75. The highest BCUT2D eigenvalue weighted by Crippen LogP contribution is 2.28. The lowest BCUT2D eigenvalue weighted by atomic mass is 10.2. The van der Waals surface area contributed by atoms with E-state index in [1.807, 2.05) is 0 Å². The summed E-state index contributed by atoms with van der Waals surface area (Å²) in [7, 11) is 1.57. The molecule has 0 saturated carbocycles. The van der Waals surface area contributed by atoms with E-state index < -0.39 is 0 Å². The minimum atomic E-state index is 0.388. The molecule has 2 aromatic rings. The smallest absolute Gasteiger partial charge is 0.162 e. The Labute approximate surface area is 118 Å². The number of ether oxygens (including phenoxy) is 2. The largest absolute Gasteiger partial charge is 0.493 e. The van der Waals surface area contributed by atoms with Crippen LogP contribution >= 0.6 is 0 Å². The molecule has 2 rings (SSSR count). The fourth-order valence-corrected chi connectivity index (χ4v) is 1.94. The number of nitrogens with zero attached hydrogens (tertiary/aromatic N) is 2. The number of aryl methyl sites for hydroxylation is 1. The molecule has 0 radical (unpaired) electrons. The third-order valence-electron chi connectivity index (χ3n) is 2.96. The number of carbonyl (C=O) groups excluding carboxylic acids is 1. The van der Waals surface area contributed by atoms with Crippen LogP contribution in [0.4, 0.5) is 0 Å². The monoisotopic (exact) mass is 274 g/mol. The summed E-state index contributed by atoms with van der Waals surface area (Å²) >= 11 is 0. The van der Waals surface area contributed by atoms with Gasteiger partial charge in [-0.15, -0.1) is 0 Å². The van der Waals surface area contributed by atoms with Crippen molar-refractivity contribution in [3.05, 3.63) is 42.0 Å². The van der Waals surface area contributed by atoms with Gasteiger partial charge in [-0.2, -0.15) is 0 Å². The molecule has 0 atom stereocenters. The van der Waals surface area contributed by atoms with Crippen LogP contribution in [0.25, 0.3) is 0 Å². The number of aldehydes is 1. The number of imidazole rings is 1. The van der Waals surface area contributed by atoms with Crippen molar-refractivity contribution in [3.63, 3.8) is 0 Å². The first-order chi connectivity index (χ1) is 9.78. The first-order valence-electron chi connectivity index (χ1n) is 6.53. The third kappa shape index (κ3) is 3.17. The zero-order valence-corrected chi connectivity index (χ0v) is 11.7. The lowest BCUT2D eigenvalue weighted by Gasteiger charge is -2.12. The molecule has 1 heterocycles. The highest BCUT2D eigenvalue weighted by atomic mass is 16.5. The summed E-state index contributed by atoms with van der Waals surface area (Å²) in [4.78, 5) is 14.9. The molecule has 5 heteroatoms. The van der Waals surface area contributed by atoms with Crippen molar-refractivity contribution in [2.75, 3.05) is 7.11 Å². The van der Waals surface area contributed by atoms with E-state index in [9.17, 15) is 4.79 Å². The molecule has 1 aromatic heterocycles. The van der Waals surface area contributed by atoms with Crippen molar-refractivity contribution in [3.8, 4) is 11.5 Å². The number of methoxy groups -OCH3 is 1. The van der Waals surface area contributed by atoms with Gasteiger partial charge in [0.05, 0.1) is 25.3 Å².